The predicted octanol–water partition coefficient (Wildman–Crippen LogP) is -2.03. The van der Waals surface area contributed by atoms with Gasteiger partial charge >= 0.3 is 5.97 Å². The second-order valence-corrected chi connectivity index (χ2v) is 4.85. The number of β-amino-alcohol motifs (C(OH)–C–C–N with tert-alkyl or cyclic N) is 1. The summed E-state index contributed by atoms with van der Waals surface area (Å²) in [7, 11) is -2.59. The van der Waals surface area contributed by atoms with Gasteiger partial charge in [0.15, 0.2) is 0 Å². The lowest BCUT2D eigenvalue weighted by molar-refractivity contribution is -0.140. The Morgan fingerprint density at radius 2 is 2.14 bits per heavy atom. The van der Waals surface area contributed by atoms with Crippen molar-refractivity contribution in [2.45, 2.75) is 18.6 Å². The van der Waals surface area contributed by atoms with Crippen molar-refractivity contribution in [2.24, 2.45) is 0 Å². The summed E-state index contributed by atoms with van der Waals surface area (Å²) in [5.74, 6) is -1.25. The lowest BCUT2D eigenvalue weighted by Gasteiger charge is -2.19. The summed E-state index contributed by atoms with van der Waals surface area (Å²) in [6, 6.07) is -1.18. The molecule has 0 aromatic rings. The van der Waals surface area contributed by atoms with E-state index in [0.717, 1.165) is 4.31 Å². The maximum Gasteiger partial charge on any atom is 0.322 e. The molecule has 1 aliphatic rings. The third-order valence-electron chi connectivity index (χ3n) is 2.09. The number of aliphatic hydroxyl groups is 1. The molecule has 14 heavy (non-hydrogen) atoms. The van der Waals surface area contributed by atoms with Crippen molar-refractivity contribution in [1.82, 2.24) is 9.03 Å². The Hall–Kier alpha value is -0.700. The molecule has 7 nitrogen and oxygen atoms in total. The second kappa shape index (κ2) is 3.81. The zero-order valence-electron chi connectivity index (χ0n) is 7.54. The van der Waals surface area contributed by atoms with Gasteiger partial charge < -0.3 is 10.2 Å². The van der Waals surface area contributed by atoms with Crippen LogP contribution in [0.15, 0.2) is 0 Å². The molecule has 1 unspecified atom stereocenters. The van der Waals surface area contributed by atoms with Crippen molar-refractivity contribution in [2.75, 3.05) is 13.6 Å². The van der Waals surface area contributed by atoms with E-state index in [-0.39, 0.29) is 13.0 Å². The number of rotatable bonds is 3. The van der Waals surface area contributed by atoms with E-state index >= 15 is 0 Å². The number of hydrogen-bond donors (Lipinski definition) is 3. The number of hydrogen-bond acceptors (Lipinski definition) is 4. The Morgan fingerprint density at radius 3 is 2.57 bits per heavy atom. The molecule has 82 valence electrons. The summed E-state index contributed by atoms with van der Waals surface area (Å²) >= 11 is 0. The molecule has 1 aliphatic heterocycles. The van der Waals surface area contributed by atoms with E-state index < -0.39 is 28.3 Å². The molecule has 1 fully saturated rings. The highest BCUT2D eigenvalue weighted by Gasteiger charge is 2.42. The molecule has 0 saturated carbocycles. The first kappa shape index (κ1) is 11.4. The van der Waals surface area contributed by atoms with Gasteiger partial charge in [0, 0.05) is 20.0 Å². The molecular weight excluding hydrogens is 212 g/mol. The SMILES string of the molecule is CNS(=O)(=O)N1CC(O)C[C@H]1C(=O)O. The topological polar surface area (TPSA) is 107 Å². The summed E-state index contributed by atoms with van der Waals surface area (Å²) < 4.78 is 25.4. The van der Waals surface area contributed by atoms with E-state index in [0.29, 0.717) is 0 Å². The molecule has 0 aliphatic carbocycles. The quantitative estimate of drug-likeness (QED) is 0.512. The van der Waals surface area contributed by atoms with Gasteiger partial charge in [-0.2, -0.15) is 12.7 Å². The van der Waals surface area contributed by atoms with Crippen LogP contribution in [0.2, 0.25) is 0 Å². The van der Waals surface area contributed by atoms with Crippen LogP contribution in [-0.2, 0) is 15.0 Å². The molecule has 0 aromatic heterocycles. The Labute approximate surface area is 81.5 Å². The fraction of sp³-hybridized carbons (Fsp3) is 0.833. The molecule has 2 atom stereocenters. The van der Waals surface area contributed by atoms with Crippen LogP contribution in [0.25, 0.3) is 0 Å². The zero-order valence-corrected chi connectivity index (χ0v) is 8.36. The minimum absolute atomic E-state index is 0.0732. The number of carboxylic acid groups (broad SMARTS) is 1. The third kappa shape index (κ3) is 2.03. The molecule has 0 aromatic carbocycles. The number of carbonyl (C=O) groups is 1. The first-order valence-electron chi connectivity index (χ1n) is 3.99. The number of nitrogens with zero attached hydrogens (tertiary/aromatic N) is 1. The molecular formula is C6H12N2O5S. The van der Waals surface area contributed by atoms with Gasteiger partial charge in [-0.25, -0.2) is 4.72 Å². The standard InChI is InChI=1S/C6H12N2O5S/c1-7-14(12,13)8-3-4(9)2-5(8)6(10)11/h4-5,7,9H,2-3H2,1H3,(H,10,11)/t4?,5-/m0/s1. The molecule has 0 amide bonds. The van der Waals surface area contributed by atoms with E-state index in [1.165, 1.54) is 7.05 Å². The Kier molecular flexibility index (Phi) is 3.10. The van der Waals surface area contributed by atoms with Gasteiger partial charge in [-0.15, -0.1) is 0 Å². The van der Waals surface area contributed by atoms with Crippen LogP contribution >= 0.6 is 0 Å². The highest BCUT2D eigenvalue weighted by Crippen LogP contribution is 2.20. The molecule has 0 radical (unpaired) electrons. The van der Waals surface area contributed by atoms with Gasteiger partial charge in [0.2, 0.25) is 0 Å². The van der Waals surface area contributed by atoms with Crippen LogP contribution in [0.1, 0.15) is 6.42 Å². The van der Waals surface area contributed by atoms with Gasteiger partial charge in [-0.05, 0) is 0 Å². The summed E-state index contributed by atoms with van der Waals surface area (Å²) in [5, 5.41) is 17.9. The van der Waals surface area contributed by atoms with Gasteiger partial charge in [0.05, 0.1) is 6.10 Å². The summed E-state index contributed by atoms with van der Waals surface area (Å²) in [6.45, 7) is -0.180. The molecule has 8 heteroatoms. The average Bonchev–Trinajstić information content (AvgIpc) is 2.48. The predicted molar refractivity (Wildman–Crippen MR) is 46.7 cm³/mol. The van der Waals surface area contributed by atoms with Crippen LogP contribution in [-0.4, -0.2) is 54.6 Å². The largest absolute Gasteiger partial charge is 0.480 e. The van der Waals surface area contributed by atoms with Crippen molar-refractivity contribution < 1.29 is 23.4 Å². The van der Waals surface area contributed by atoms with Crippen LogP contribution < -0.4 is 4.72 Å². The fourth-order valence-electron chi connectivity index (χ4n) is 1.39. The molecule has 0 spiro atoms. The van der Waals surface area contributed by atoms with Crippen LogP contribution in [0.4, 0.5) is 0 Å². The molecule has 3 N–H and O–H groups in total. The monoisotopic (exact) mass is 224 g/mol. The number of nitrogens with one attached hydrogen (secondary N) is 1. The maximum absolute atomic E-state index is 11.3. The number of carboxylic acids is 1. The Balaban J connectivity index is 2.93. The number of aliphatic hydroxyl groups excluding tert-OH is 1. The smallest absolute Gasteiger partial charge is 0.322 e. The normalized spacial score (nSPS) is 29.3. The zero-order chi connectivity index (χ0) is 10.9. The molecule has 1 saturated heterocycles. The van der Waals surface area contributed by atoms with Gasteiger partial charge in [0.25, 0.3) is 10.2 Å². The first-order valence-corrected chi connectivity index (χ1v) is 5.43. The van der Waals surface area contributed by atoms with Crippen molar-refractivity contribution in [3.8, 4) is 0 Å². The Bertz CT molecular complexity index is 327. The van der Waals surface area contributed by atoms with Crippen molar-refractivity contribution in [3.05, 3.63) is 0 Å². The number of aliphatic carboxylic acids is 1. The van der Waals surface area contributed by atoms with Gasteiger partial charge in [0.1, 0.15) is 6.04 Å². The van der Waals surface area contributed by atoms with Crippen LogP contribution in [0.3, 0.4) is 0 Å². The average molecular weight is 224 g/mol. The van der Waals surface area contributed by atoms with E-state index in [4.69, 9.17) is 5.11 Å². The van der Waals surface area contributed by atoms with Gasteiger partial charge in [-0.1, -0.05) is 0 Å². The lowest BCUT2D eigenvalue weighted by atomic mass is 10.2. The summed E-state index contributed by atoms with van der Waals surface area (Å²) in [6.07, 6.45) is -0.991. The fourth-order valence-corrected chi connectivity index (χ4v) is 2.51. The lowest BCUT2D eigenvalue weighted by Crippen LogP contribution is -2.45. The van der Waals surface area contributed by atoms with Crippen molar-refractivity contribution in [3.63, 3.8) is 0 Å². The van der Waals surface area contributed by atoms with Gasteiger partial charge in [-0.3, -0.25) is 4.79 Å². The third-order valence-corrected chi connectivity index (χ3v) is 3.62. The first-order chi connectivity index (χ1) is 6.38. The van der Waals surface area contributed by atoms with Crippen molar-refractivity contribution >= 4 is 16.2 Å². The molecule has 0 bridgehead atoms. The summed E-state index contributed by atoms with van der Waals surface area (Å²) in [5.41, 5.74) is 0. The van der Waals surface area contributed by atoms with E-state index in [9.17, 15) is 18.3 Å². The van der Waals surface area contributed by atoms with E-state index in [1.54, 1.807) is 0 Å². The maximum atomic E-state index is 11.3. The summed E-state index contributed by atoms with van der Waals surface area (Å²) in [4.78, 5) is 10.7. The molecule has 1 heterocycles. The second-order valence-electron chi connectivity index (χ2n) is 3.02. The van der Waals surface area contributed by atoms with Crippen LogP contribution in [0, 0.1) is 0 Å². The van der Waals surface area contributed by atoms with E-state index in [2.05, 4.69) is 0 Å². The van der Waals surface area contributed by atoms with Crippen molar-refractivity contribution in [1.29, 1.82) is 0 Å². The minimum Gasteiger partial charge on any atom is -0.480 e. The highest BCUT2D eigenvalue weighted by molar-refractivity contribution is 7.87. The van der Waals surface area contributed by atoms with Crippen LogP contribution in [0.5, 0.6) is 0 Å². The Morgan fingerprint density at radius 1 is 1.57 bits per heavy atom. The van der Waals surface area contributed by atoms with E-state index in [1.807, 2.05) is 4.72 Å². The highest BCUT2D eigenvalue weighted by atomic mass is 32.2. The minimum atomic E-state index is -3.78. The molecule has 1 rings (SSSR count).